The maximum absolute atomic E-state index is 11.6. The van der Waals surface area contributed by atoms with Gasteiger partial charge in [-0.1, -0.05) is 24.3 Å². The second kappa shape index (κ2) is 3.18. The third-order valence-electron chi connectivity index (χ3n) is 2.42. The van der Waals surface area contributed by atoms with Crippen molar-refractivity contribution >= 4 is 11.5 Å². The highest BCUT2D eigenvalue weighted by Gasteiger charge is 2.24. The highest BCUT2D eigenvalue weighted by atomic mass is 16.2. The molecule has 0 aliphatic carbocycles. The molecule has 1 aliphatic rings. The summed E-state index contributed by atoms with van der Waals surface area (Å²) in [5.41, 5.74) is 2.27. The fourth-order valence-corrected chi connectivity index (χ4v) is 1.69. The van der Waals surface area contributed by atoms with Gasteiger partial charge in [0.25, 0.3) is 5.91 Å². The topological polar surface area (TPSA) is 40.5 Å². The Kier molecular flexibility index (Phi) is 2.00. The molecule has 72 valence electrons. The van der Waals surface area contributed by atoms with Crippen LogP contribution in [-0.4, -0.2) is 23.0 Å². The number of amides is 1. The van der Waals surface area contributed by atoms with Gasteiger partial charge in [0, 0.05) is 13.6 Å². The molecule has 0 spiro atoms. The molecule has 1 aromatic carbocycles. The van der Waals surface area contributed by atoms with Crippen LogP contribution in [0.15, 0.2) is 30.5 Å². The van der Waals surface area contributed by atoms with Gasteiger partial charge in [0.05, 0.1) is 11.8 Å². The number of aliphatic hydroxyl groups is 1. The van der Waals surface area contributed by atoms with Gasteiger partial charge in [0.15, 0.2) is 0 Å². The fourth-order valence-electron chi connectivity index (χ4n) is 1.69. The molecule has 0 saturated carbocycles. The van der Waals surface area contributed by atoms with Crippen molar-refractivity contribution in [3.63, 3.8) is 0 Å². The van der Waals surface area contributed by atoms with Crippen molar-refractivity contribution in [3.8, 4) is 0 Å². The number of carbonyl (C=O) groups excluding carboxylic acids is 1. The fraction of sp³-hybridized carbons (Fsp3) is 0.182. The van der Waals surface area contributed by atoms with Crippen LogP contribution in [0.5, 0.6) is 0 Å². The molecular formula is C11H11NO2. The number of aliphatic hydroxyl groups excluding tert-OH is 1. The van der Waals surface area contributed by atoms with E-state index in [2.05, 4.69) is 0 Å². The van der Waals surface area contributed by atoms with Crippen LogP contribution >= 0.6 is 0 Å². The van der Waals surface area contributed by atoms with Crippen molar-refractivity contribution in [2.24, 2.45) is 0 Å². The van der Waals surface area contributed by atoms with Gasteiger partial charge >= 0.3 is 0 Å². The molecule has 0 unspecified atom stereocenters. The minimum absolute atomic E-state index is 0.133. The second-order valence-electron chi connectivity index (χ2n) is 3.36. The molecular weight excluding hydrogens is 178 g/mol. The molecule has 0 atom stereocenters. The first-order valence-corrected chi connectivity index (χ1v) is 4.42. The van der Waals surface area contributed by atoms with Crippen LogP contribution in [0.1, 0.15) is 11.1 Å². The summed E-state index contributed by atoms with van der Waals surface area (Å²) in [4.78, 5) is 13.2. The van der Waals surface area contributed by atoms with E-state index in [0.29, 0.717) is 12.1 Å². The van der Waals surface area contributed by atoms with Crippen LogP contribution in [0, 0.1) is 0 Å². The number of benzene rings is 1. The van der Waals surface area contributed by atoms with E-state index < -0.39 is 0 Å². The third kappa shape index (κ3) is 1.18. The first-order valence-electron chi connectivity index (χ1n) is 4.42. The minimum atomic E-state index is -0.133. The molecule has 0 radical (unpaired) electrons. The quantitative estimate of drug-likeness (QED) is 0.497. The van der Waals surface area contributed by atoms with Crippen molar-refractivity contribution in [2.75, 3.05) is 7.05 Å². The summed E-state index contributed by atoms with van der Waals surface area (Å²) < 4.78 is 0. The lowest BCUT2D eigenvalue weighted by atomic mass is 9.95. The van der Waals surface area contributed by atoms with Gasteiger partial charge < -0.3 is 10.0 Å². The summed E-state index contributed by atoms with van der Waals surface area (Å²) in [6, 6.07) is 7.60. The normalized spacial score (nSPS) is 18.5. The Labute approximate surface area is 82.3 Å². The number of nitrogens with zero attached hydrogens (tertiary/aromatic N) is 1. The Morgan fingerprint density at radius 2 is 2.14 bits per heavy atom. The zero-order chi connectivity index (χ0) is 10.1. The van der Waals surface area contributed by atoms with Crippen LogP contribution in [0.2, 0.25) is 0 Å². The molecule has 3 nitrogen and oxygen atoms in total. The lowest BCUT2D eigenvalue weighted by Gasteiger charge is -2.26. The predicted octanol–water partition coefficient (Wildman–Crippen LogP) is 1.56. The standard InChI is InChI=1S/C11H11NO2/c1-12-6-8-4-2-3-5-9(8)10(7-13)11(12)14/h2-5,7,13H,6H2,1H3/b10-7-. The monoisotopic (exact) mass is 189 g/mol. The summed E-state index contributed by atoms with van der Waals surface area (Å²) in [5, 5.41) is 9.02. The average molecular weight is 189 g/mol. The van der Waals surface area contributed by atoms with Gasteiger partial charge in [0.1, 0.15) is 0 Å². The number of fused-ring (bicyclic) bond motifs is 1. The van der Waals surface area contributed by atoms with Crippen LogP contribution in [0.25, 0.3) is 5.57 Å². The second-order valence-corrected chi connectivity index (χ2v) is 3.36. The van der Waals surface area contributed by atoms with Crippen LogP contribution < -0.4 is 0 Å². The molecule has 0 fully saturated rings. The number of likely N-dealkylation sites (N-methyl/N-ethyl adjacent to an activating group) is 1. The van der Waals surface area contributed by atoms with E-state index >= 15 is 0 Å². The summed E-state index contributed by atoms with van der Waals surface area (Å²) >= 11 is 0. The van der Waals surface area contributed by atoms with Crippen molar-refractivity contribution in [1.82, 2.24) is 4.90 Å². The van der Waals surface area contributed by atoms with E-state index in [4.69, 9.17) is 5.11 Å². The summed E-state index contributed by atoms with van der Waals surface area (Å²) in [5.74, 6) is -0.133. The van der Waals surface area contributed by atoms with Crippen LogP contribution in [-0.2, 0) is 11.3 Å². The Balaban J connectivity index is 2.59. The Morgan fingerprint density at radius 1 is 1.43 bits per heavy atom. The Bertz CT molecular complexity index is 410. The van der Waals surface area contributed by atoms with Crippen molar-refractivity contribution in [3.05, 3.63) is 41.7 Å². The van der Waals surface area contributed by atoms with Crippen molar-refractivity contribution in [2.45, 2.75) is 6.54 Å². The average Bonchev–Trinajstić information content (AvgIpc) is 2.20. The van der Waals surface area contributed by atoms with Crippen LogP contribution in [0.4, 0.5) is 0 Å². The first-order chi connectivity index (χ1) is 6.74. The highest BCUT2D eigenvalue weighted by molar-refractivity contribution is 6.20. The van der Waals surface area contributed by atoms with Gasteiger partial charge in [-0.25, -0.2) is 0 Å². The van der Waals surface area contributed by atoms with Crippen LogP contribution in [0.3, 0.4) is 0 Å². The van der Waals surface area contributed by atoms with E-state index in [1.165, 1.54) is 0 Å². The Morgan fingerprint density at radius 3 is 2.86 bits per heavy atom. The molecule has 3 heteroatoms. The van der Waals surface area contributed by atoms with Gasteiger partial charge in [-0.2, -0.15) is 0 Å². The SMILES string of the molecule is CN1Cc2ccccc2/C(=C/O)C1=O. The maximum atomic E-state index is 11.6. The predicted molar refractivity (Wildman–Crippen MR) is 53.5 cm³/mol. The van der Waals surface area contributed by atoms with E-state index in [0.717, 1.165) is 17.4 Å². The van der Waals surface area contributed by atoms with Gasteiger partial charge in [-0.15, -0.1) is 0 Å². The van der Waals surface area contributed by atoms with E-state index in [-0.39, 0.29) is 5.91 Å². The molecule has 14 heavy (non-hydrogen) atoms. The number of carbonyl (C=O) groups is 1. The molecule has 1 heterocycles. The first kappa shape index (κ1) is 8.81. The largest absolute Gasteiger partial charge is 0.515 e. The van der Waals surface area contributed by atoms with E-state index in [9.17, 15) is 4.79 Å². The van der Waals surface area contributed by atoms with Gasteiger partial charge in [-0.05, 0) is 11.1 Å². The molecule has 1 N–H and O–H groups in total. The van der Waals surface area contributed by atoms with Gasteiger partial charge in [-0.3, -0.25) is 4.79 Å². The molecule has 0 aromatic heterocycles. The molecule has 0 saturated heterocycles. The number of hydrogen-bond donors (Lipinski definition) is 1. The number of hydrogen-bond acceptors (Lipinski definition) is 2. The lowest BCUT2D eigenvalue weighted by Crippen LogP contribution is -2.31. The molecule has 1 amide bonds. The molecule has 1 aromatic rings. The lowest BCUT2D eigenvalue weighted by molar-refractivity contribution is -0.124. The molecule has 1 aliphatic heterocycles. The van der Waals surface area contributed by atoms with Gasteiger partial charge in [0.2, 0.25) is 0 Å². The molecule has 0 bridgehead atoms. The van der Waals surface area contributed by atoms with E-state index in [1.54, 1.807) is 11.9 Å². The zero-order valence-electron chi connectivity index (χ0n) is 7.90. The summed E-state index contributed by atoms with van der Waals surface area (Å²) in [6.07, 6.45) is 0.886. The smallest absolute Gasteiger partial charge is 0.257 e. The maximum Gasteiger partial charge on any atom is 0.257 e. The highest BCUT2D eigenvalue weighted by Crippen LogP contribution is 2.26. The summed E-state index contributed by atoms with van der Waals surface area (Å²) in [6.45, 7) is 0.604. The zero-order valence-corrected chi connectivity index (χ0v) is 7.90. The molecule has 2 rings (SSSR count). The summed E-state index contributed by atoms with van der Waals surface area (Å²) in [7, 11) is 1.72. The van der Waals surface area contributed by atoms with Crippen molar-refractivity contribution < 1.29 is 9.90 Å². The number of rotatable bonds is 0. The van der Waals surface area contributed by atoms with Crippen molar-refractivity contribution in [1.29, 1.82) is 0 Å². The third-order valence-corrected chi connectivity index (χ3v) is 2.42. The minimum Gasteiger partial charge on any atom is -0.515 e. The Hall–Kier alpha value is -1.77. The van der Waals surface area contributed by atoms with E-state index in [1.807, 2.05) is 24.3 Å².